The molecule has 64 heavy (non-hydrogen) atoms. The molecule has 2 N–H and O–H groups in total. The molecule has 10 rings (SSSR count). The van der Waals surface area contributed by atoms with Crippen molar-refractivity contribution < 1.29 is 37.0 Å². The number of anilines is 2. The highest BCUT2D eigenvalue weighted by Gasteiger charge is 2.40. The maximum Gasteiger partial charge on any atom is 0.329 e. The van der Waals surface area contributed by atoms with E-state index in [2.05, 4.69) is 42.5 Å². The van der Waals surface area contributed by atoms with Crippen molar-refractivity contribution in [3.63, 3.8) is 0 Å². The molecule has 17 nitrogen and oxygen atoms in total. The van der Waals surface area contributed by atoms with Gasteiger partial charge in [-0.25, -0.2) is 27.5 Å². The van der Waals surface area contributed by atoms with Gasteiger partial charge in [-0.1, -0.05) is 17.9 Å². The number of morpholine rings is 1. The van der Waals surface area contributed by atoms with Crippen LogP contribution < -0.4 is 21.2 Å². The summed E-state index contributed by atoms with van der Waals surface area (Å²) in [6, 6.07) is 6.40. The predicted molar refractivity (Wildman–Crippen MR) is 226 cm³/mol. The zero-order valence-electron chi connectivity index (χ0n) is 35.2. The standard InChI is InChI=1S/C44H48F3N11O6/c1-53-39-26(4-2-6-33(39)58(44(53)62)34-11-12-37(59)51-43(34)61)5-3-17-63-35-13-15-54(22-31(35)45)20-25-7-9-27(10-8-25)57-23-32(38(52-57)40(46)47)49-42(60)30-19-48-56-16-14-36(50-41(30)56)55-21-29-18-28(55)24-64-29/h2,4,6,14,16,19,23,25,27-29,31,34-35,40H,7-13,15,17-18,20-22,24H2,1H3,(H,49,60)(H,51,59,61)/t25?,27?,28-,29-,31+,34?,35+/m1/s1. The summed E-state index contributed by atoms with van der Waals surface area (Å²) in [5.41, 5.74) is 1.21. The molecule has 5 aromatic rings. The molecule has 336 valence electrons. The fourth-order valence-electron chi connectivity index (χ4n) is 10.2. The van der Waals surface area contributed by atoms with E-state index in [1.165, 1.54) is 26.0 Å². The summed E-state index contributed by atoms with van der Waals surface area (Å²) in [4.78, 5) is 60.1. The van der Waals surface area contributed by atoms with Gasteiger partial charge in [-0.2, -0.15) is 10.2 Å². The van der Waals surface area contributed by atoms with Crippen LogP contribution in [-0.4, -0.2) is 120 Å². The van der Waals surface area contributed by atoms with Crippen molar-refractivity contribution in [3.05, 3.63) is 70.2 Å². The van der Waals surface area contributed by atoms with Gasteiger partial charge in [0.05, 0.1) is 59.4 Å². The molecule has 3 amide bonds. The Hall–Kier alpha value is -6.04. The van der Waals surface area contributed by atoms with Gasteiger partial charge in [0.2, 0.25) is 11.8 Å². The summed E-state index contributed by atoms with van der Waals surface area (Å²) < 4.78 is 61.5. The molecule has 8 heterocycles. The normalized spacial score (nSPS) is 26.2. The number of hydrogen-bond donors (Lipinski definition) is 2. The van der Waals surface area contributed by atoms with Crippen LogP contribution in [0.2, 0.25) is 0 Å². The van der Waals surface area contributed by atoms with Crippen LogP contribution in [0.5, 0.6) is 0 Å². The van der Waals surface area contributed by atoms with E-state index in [1.807, 2.05) is 6.07 Å². The molecule has 4 aromatic heterocycles. The highest BCUT2D eigenvalue weighted by Crippen LogP contribution is 2.37. The van der Waals surface area contributed by atoms with Gasteiger partial charge in [-0.3, -0.25) is 38.4 Å². The SMILES string of the molecule is Cn1c(=O)n(C2CCC(=O)NC2=O)c2cccc(C#CCO[C@H]3CCN(CC4CCC(n5cc(NC(=O)c6cnn7ccc(N8C[C@H]9C[C@@H]8CO9)nc67)c(C(F)F)n5)CC4)C[C@@H]3F)c21. The summed E-state index contributed by atoms with van der Waals surface area (Å²) in [5, 5.41) is 13.5. The Morgan fingerprint density at radius 2 is 1.92 bits per heavy atom. The summed E-state index contributed by atoms with van der Waals surface area (Å²) in [6.45, 7) is 2.94. The van der Waals surface area contributed by atoms with E-state index >= 15 is 4.39 Å². The predicted octanol–water partition coefficient (Wildman–Crippen LogP) is 3.94. The van der Waals surface area contributed by atoms with Crippen molar-refractivity contribution in [3.8, 4) is 11.8 Å². The van der Waals surface area contributed by atoms with Gasteiger partial charge in [0, 0.05) is 52.0 Å². The van der Waals surface area contributed by atoms with E-state index < -0.39 is 42.3 Å². The lowest BCUT2D eigenvalue weighted by Crippen LogP contribution is -2.47. The van der Waals surface area contributed by atoms with E-state index in [0.29, 0.717) is 72.9 Å². The molecule has 4 saturated heterocycles. The zero-order valence-corrected chi connectivity index (χ0v) is 35.2. The van der Waals surface area contributed by atoms with E-state index in [4.69, 9.17) is 14.5 Å². The molecule has 1 aromatic carbocycles. The number of piperidine rings is 2. The molecule has 0 spiro atoms. The third-order valence-electron chi connectivity index (χ3n) is 13.5. The number of para-hydroxylation sites is 1. The summed E-state index contributed by atoms with van der Waals surface area (Å²) in [6.07, 6.45) is 4.87. The number of hydrogen-bond acceptors (Lipinski definition) is 11. The molecule has 2 bridgehead atoms. The lowest BCUT2D eigenvalue weighted by Gasteiger charge is -2.38. The van der Waals surface area contributed by atoms with Gasteiger partial charge < -0.3 is 19.7 Å². The van der Waals surface area contributed by atoms with E-state index in [1.54, 1.807) is 36.1 Å². The average Bonchev–Trinajstić information content (AvgIpc) is 4.13. The number of aryl methyl sites for hydroxylation is 1. The number of benzene rings is 1. The van der Waals surface area contributed by atoms with Gasteiger partial charge >= 0.3 is 5.69 Å². The Morgan fingerprint density at radius 1 is 1.08 bits per heavy atom. The Labute approximate surface area is 364 Å². The van der Waals surface area contributed by atoms with Gasteiger partial charge in [0.1, 0.15) is 30.2 Å². The minimum absolute atomic E-state index is 0.00580. The lowest BCUT2D eigenvalue weighted by atomic mass is 9.85. The Bertz CT molecular complexity index is 2750. The number of alkyl halides is 3. The van der Waals surface area contributed by atoms with Gasteiger partial charge in [-0.15, -0.1) is 0 Å². The Kier molecular flexibility index (Phi) is 11.2. The van der Waals surface area contributed by atoms with Crippen LogP contribution in [0.25, 0.3) is 16.7 Å². The van der Waals surface area contributed by atoms with Crippen LogP contribution in [0.15, 0.2) is 47.7 Å². The first kappa shape index (κ1) is 41.9. The molecular weight excluding hydrogens is 836 g/mol. The van der Waals surface area contributed by atoms with Crippen LogP contribution in [0.4, 0.5) is 24.7 Å². The monoisotopic (exact) mass is 883 g/mol. The summed E-state index contributed by atoms with van der Waals surface area (Å²) in [7, 11) is 1.61. The van der Waals surface area contributed by atoms with Crippen molar-refractivity contribution in [2.24, 2.45) is 13.0 Å². The van der Waals surface area contributed by atoms with E-state index in [-0.39, 0.29) is 67.0 Å². The fourth-order valence-corrected chi connectivity index (χ4v) is 10.2. The van der Waals surface area contributed by atoms with Gasteiger partial charge in [0.15, 0.2) is 11.3 Å². The maximum atomic E-state index is 15.5. The first-order valence-electron chi connectivity index (χ1n) is 21.9. The molecule has 1 unspecified atom stereocenters. The van der Waals surface area contributed by atoms with Gasteiger partial charge in [0.25, 0.3) is 12.3 Å². The van der Waals surface area contributed by atoms with Crippen molar-refractivity contribution >= 4 is 45.9 Å². The molecule has 5 atom stereocenters. The number of imidazole rings is 1. The largest absolute Gasteiger partial charge is 0.374 e. The second-order valence-electron chi connectivity index (χ2n) is 17.5. The van der Waals surface area contributed by atoms with Crippen LogP contribution >= 0.6 is 0 Å². The maximum absolute atomic E-state index is 15.5. The number of carbonyl (C=O) groups is 3. The number of nitrogens with one attached hydrogen (secondary N) is 2. The number of fused-ring (bicyclic) bond motifs is 4. The Balaban J connectivity index is 0.711. The van der Waals surface area contributed by atoms with Crippen LogP contribution in [0.1, 0.15) is 91.5 Å². The van der Waals surface area contributed by atoms with E-state index in [9.17, 15) is 28.0 Å². The smallest absolute Gasteiger partial charge is 0.329 e. The molecule has 0 radical (unpaired) electrons. The molecular formula is C44H48F3N11O6. The Morgan fingerprint density at radius 3 is 2.67 bits per heavy atom. The first-order valence-corrected chi connectivity index (χ1v) is 21.9. The number of nitrogens with zero attached hydrogens (tertiary/aromatic N) is 9. The topological polar surface area (TPSA) is 175 Å². The number of ether oxygens (including phenoxy) is 2. The molecule has 20 heteroatoms. The minimum Gasteiger partial charge on any atom is -0.374 e. The molecule has 1 saturated carbocycles. The average molecular weight is 884 g/mol. The second-order valence-corrected chi connectivity index (χ2v) is 17.5. The van der Waals surface area contributed by atoms with Crippen LogP contribution in [0, 0.1) is 17.8 Å². The first-order chi connectivity index (χ1) is 31.0. The van der Waals surface area contributed by atoms with Gasteiger partial charge in [-0.05, 0) is 69.1 Å². The summed E-state index contributed by atoms with van der Waals surface area (Å²) in [5.74, 6) is 5.56. The van der Waals surface area contributed by atoms with Crippen LogP contribution in [0.3, 0.4) is 0 Å². The third-order valence-corrected chi connectivity index (χ3v) is 13.5. The molecule has 1 aliphatic carbocycles. The summed E-state index contributed by atoms with van der Waals surface area (Å²) >= 11 is 0. The van der Waals surface area contributed by atoms with Crippen molar-refractivity contribution in [2.75, 3.05) is 49.6 Å². The number of carbonyl (C=O) groups excluding carboxylic acids is 3. The number of rotatable bonds is 10. The van der Waals surface area contributed by atoms with E-state index in [0.717, 1.165) is 25.8 Å². The van der Waals surface area contributed by atoms with Crippen LogP contribution in [-0.2, 0) is 26.1 Å². The lowest BCUT2D eigenvalue weighted by molar-refractivity contribution is -0.135. The quantitative estimate of drug-likeness (QED) is 0.154. The van der Waals surface area contributed by atoms with Crippen molar-refractivity contribution in [1.82, 2.24) is 43.7 Å². The number of likely N-dealkylation sites (tertiary alicyclic amines) is 1. The molecule has 5 fully saturated rings. The number of imide groups is 1. The minimum atomic E-state index is -2.90. The molecule has 4 aliphatic heterocycles. The fraction of sp³-hybridized carbons (Fsp3) is 0.523. The van der Waals surface area contributed by atoms with Crippen molar-refractivity contribution in [2.45, 2.75) is 94.3 Å². The highest BCUT2D eigenvalue weighted by atomic mass is 19.3. The molecule has 5 aliphatic rings. The van der Waals surface area contributed by atoms with Crippen molar-refractivity contribution in [1.29, 1.82) is 0 Å². The number of halogens is 3. The highest BCUT2D eigenvalue weighted by molar-refractivity contribution is 6.08. The third kappa shape index (κ3) is 7.93. The number of amides is 3. The second kappa shape index (κ2) is 17.2. The zero-order chi connectivity index (χ0) is 44.2. The number of aromatic nitrogens is 7.